The molecule has 0 aliphatic heterocycles. The monoisotopic (exact) mass is 415 g/mol. The molecule has 3 aromatic rings. The molecular formula is C21H22ClN3O2S. The number of carbonyl (C=O) groups excluding carboxylic acids is 1. The van der Waals surface area contributed by atoms with Crippen LogP contribution in [0.15, 0.2) is 58.5 Å². The van der Waals surface area contributed by atoms with E-state index in [2.05, 4.69) is 10.3 Å². The maximum atomic E-state index is 12.9. The average molecular weight is 416 g/mol. The Balaban J connectivity index is 1.80. The van der Waals surface area contributed by atoms with Crippen LogP contribution in [0.4, 0.5) is 0 Å². The molecule has 2 aromatic carbocycles. The van der Waals surface area contributed by atoms with Gasteiger partial charge in [0.25, 0.3) is 5.56 Å². The van der Waals surface area contributed by atoms with Gasteiger partial charge < -0.3 is 5.32 Å². The highest BCUT2D eigenvalue weighted by molar-refractivity contribution is 7.99. The second-order valence-electron chi connectivity index (χ2n) is 6.81. The lowest BCUT2D eigenvalue weighted by Crippen LogP contribution is -2.29. The quantitative estimate of drug-likeness (QED) is 0.472. The number of hydrogen-bond acceptors (Lipinski definition) is 4. The van der Waals surface area contributed by atoms with Crippen molar-refractivity contribution in [1.29, 1.82) is 0 Å². The second-order valence-corrected chi connectivity index (χ2v) is 8.19. The minimum absolute atomic E-state index is 0.0751. The van der Waals surface area contributed by atoms with Crippen LogP contribution in [0.25, 0.3) is 10.9 Å². The molecule has 0 bridgehead atoms. The molecule has 1 N–H and O–H groups in total. The average Bonchev–Trinajstić information content (AvgIpc) is 2.66. The summed E-state index contributed by atoms with van der Waals surface area (Å²) in [5.74, 6) is 0.0553. The first-order chi connectivity index (χ1) is 13.4. The Morgan fingerprint density at radius 3 is 2.57 bits per heavy atom. The van der Waals surface area contributed by atoms with Crippen molar-refractivity contribution in [1.82, 2.24) is 14.9 Å². The number of thioether (sulfide) groups is 1. The highest BCUT2D eigenvalue weighted by Crippen LogP contribution is 2.23. The van der Waals surface area contributed by atoms with Crippen molar-refractivity contribution in [2.45, 2.75) is 38.0 Å². The van der Waals surface area contributed by atoms with Gasteiger partial charge in [0.2, 0.25) is 5.91 Å². The Morgan fingerprint density at radius 2 is 1.89 bits per heavy atom. The van der Waals surface area contributed by atoms with Crippen molar-refractivity contribution in [2.75, 3.05) is 5.75 Å². The van der Waals surface area contributed by atoms with E-state index in [-0.39, 0.29) is 29.3 Å². The maximum absolute atomic E-state index is 12.9. The van der Waals surface area contributed by atoms with Gasteiger partial charge in [-0.05, 0) is 44.5 Å². The number of amides is 1. The van der Waals surface area contributed by atoms with Gasteiger partial charge in [0.1, 0.15) is 0 Å². The number of nitrogens with one attached hydrogen (secondary N) is 1. The molecule has 28 heavy (non-hydrogen) atoms. The summed E-state index contributed by atoms with van der Waals surface area (Å²) < 4.78 is 1.62. The Labute approximate surface area is 173 Å². The number of hydrogen-bond donors (Lipinski definition) is 1. The van der Waals surface area contributed by atoms with E-state index in [4.69, 9.17) is 11.6 Å². The van der Waals surface area contributed by atoms with Crippen LogP contribution < -0.4 is 10.9 Å². The summed E-state index contributed by atoms with van der Waals surface area (Å²) in [7, 11) is 0. The molecule has 0 saturated carbocycles. The van der Waals surface area contributed by atoms with E-state index in [0.717, 1.165) is 5.56 Å². The molecule has 0 spiro atoms. The fourth-order valence-electron chi connectivity index (χ4n) is 2.95. The van der Waals surface area contributed by atoms with Gasteiger partial charge in [0.05, 0.1) is 22.7 Å². The summed E-state index contributed by atoms with van der Waals surface area (Å²) >= 11 is 7.30. The summed E-state index contributed by atoms with van der Waals surface area (Å²) in [5, 5.41) is 4.53. The zero-order chi connectivity index (χ0) is 20.3. The highest BCUT2D eigenvalue weighted by atomic mass is 35.5. The Morgan fingerprint density at radius 1 is 1.18 bits per heavy atom. The van der Waals surface area contributed by atoms with Gasteiger partial charge in [-0.25, -0.2) is 4.98 Å². The number of benzene rings is 2. The first-order valence-electron chi connectivity index (χ1n) is 9.05. The lowest BCUT2D eigenvalue weighted by Gasteiger charge is -2.17. The van der Waals surface area contributed by atoms with Gasteiger partial charge in [-0.2, -0.15) is 0 Å². The van der Waals surface area contributed by atoms with Crippen molar-refractivity contribution in [3.63, 3.8) is 0 Å². The Kier molecular flexibility index (Phi) is 6.42. The molecule has 0 saturated heterocycles. The zero-order valence-corrected chi connectivity index (χ0v) is 17.6. The molecule has 5 nitrogen and oxygen atoms in total. The molecular weight excluding hydrogens is 394 g/mol. The topological polar surface area (TPSA) is 64.0 Å². The van der Waals surface area contributed by atoms with Gasteiger partial charge in [0, 0.05) is 11.1 Å². The number of rotatable bonds is 6. The van der Waals surface area contributed by atoms with Crippen molar-refractivity contribution >= 4 is 40.2 Å². The molecule has 0 radical (unpaired) electrons. The SMILES string of the molecule is CC(C)n1c(SCC(=O)N[C@H](C)c2ccccc2)nc2cc(Cl)ccc2c1=O. The van der Waals surface area contributed by atoms with Crippen LogP contribution in [0, 0.1) is 0 Å². The third kappa shape index (κ3) is 4.56. The predicted molar refractivity (Wildman–Crippen MR) is 115 cm³/mol. The first kappa shape index (κ1) is 20.4. The molecule has 1 heterocycles. The lowest BCUT2D eigenvalue weighted by atomic mass is 10.1. The molecule has 1 atom stereocenters. The van der Waals surface area contributed by atoms with Gasteiger partial charge in [0.15, 0.2) is 5.16 Å². The van der Waals surface area contributed by atoms with Crippen LogP contribution in [-0.2, 0) is 4.79 Å². The van der Waals surface area contributed by atoms with E-state index in [9.17, 15) is 9.59 Å². The van der Waals surface area contributed by atoms with Crippen molar-refractivity contribution < 1.29 is 4.79 Å². The van der Waals surface area contributed by atoms with Crippen LogP contribution in [0.5, 0.6) is 0 Å². The van der Waals surface area contributed by atoms with E-state index in [1.54, 1.807) is 22.8 Å². The fourth-order valence-corrected chi connectivity index (χ4v) is 4.05. The lowest BCUT2D eigenvalue weighted by molar-refractivity contribution is -0.119. The number of carbonyl (C=O) groups is 1. The Bertz CT molecular complexity index is 1050. The van der Waals surface area contributed by atoms with E-state index < -0.39 is 0 Å². The summed E-state index contributed by atoms with van der Waals surface area (Å²) in [6.07, 6.45) is 0. The second kappa shape index (κ2) is 8.80. The molecule has 0 aliphatic carbocycles. The van der Waals surface area contributed by atoms with Crippen LogP contribution in [0.1, 0.15) is 38.4 Å². The molecule has 1 amide bonds. The van der Waals surface area contributed by atoms with Gasteiger partial charge in [-0.1, -0.05) is 53.7 Å². The van der Waals surface area contributed by atoms with E-state index in [1.165, 1.54) is 11.8 Å². The first-order valence-corrected chi connectivity index (χ1v) is 10.4. The minimum atomic E-state index is -0.128. The van der Waals surface area contributed by atoms with Gasteiger partial charge in [-0.3, -0.25) is 14.2 Å². The summed E-state index contributed by atoms with van der Waals surface area (Å²) in [5.41, 5.74) is 1.45. The summed E-state index contributed by atoms with van der Waals surface area (Å²) in [6.45, 7) is 5.79. The number of aromatic nitrogens is 2. The van der Waals surface area contributed by atoms with Crippen LogP contribution >= 0.6 is 23.4 Å². The predicted octanol–water partition coefficient (Wildman–Crippen LogP) is 4.60. The molecule has 0 aliphatic rings. The van der Waals surface area contributed by atoms with Crippen molar-refractivity contribution in [2.24, 2.45) is 0 Å². The number of nitrogens with zero attached hydrogens (tertiary/aromatic N) is 2. The van der Waals surface area contributed by atoms with Crippen molar-refractivity contribution in [3.05, 3.63) is 69.5 Å². The third-order valence-corrected chi connectivity index (χ3v) is 5.54. The maximum Gasteiger partial charge on any atom is 0.262 e. The van der Waals surface area contributed by atoms with Crippen molar-refractivity contribution in [3.8, 4) is 0 Å². The fraction of sp³-hybridized carbons (Fsp3) is 0.286. The van der Waals surface area contributed by atoms with E-state index in [1.807, 2.05) is 51.1 Å². The van der Waals surface area contributed by atoms with E-state index >= 15 is 0 Å². The smallest absolute Gasteiger partial charge is 0.262 e. The third-order valence-electron chi connectivity index (χ3n) is 4.36. The molecule has 3 rings (SSSR count). The summed E-state index contributed by atoms with van der Waals surface area (Å²) in [4.78, 5) is 29.9. The number of fused-ring (bicyclic) bond motifs is 1. The van der Waals surface area contributed by atoms with Crippen LogP contribution in [0.2, 0.25) is 5.02 Å². The minimum Gasteiger partial charge on any atom is -0.349 e. The largest absolute Gasteiger partial charge is 0.349 e. The molecule has 0 fully saturated rings. The van der Waals surface area contributed by atoms with Crippen LogP contribution in [-0.4, -0.2) is 21.2 Å². The molecule has 7 heteroatoms. The van der Waals surface area contributed by atoms with Gasteiger partial charge >= 0.3 is 0 Å². The molecule has 1 aromatic heterocycles. The standard InChI is InChI=1S/C21H22ClN3O2S/c1-13(2)25-20(27)17-10-9-16(22)11-18(17)24-21(25)28-12-19(26)23-14(3)15-7-5-4-6-8-15/h4-11,13-14H,12H2,1-3H3,(H,23,26)/t14-/m1/s1. The molecule has 146 valence electrons. The number of halogens is 1. The zero-order valence-electron chi connectivity index (χ0n) is 16.0. The summed E-state index contributed by atoms with van der Waals surface area (Å²) in [6, 6.07) is 14.7. The molecule has 0 unspecified atom stereocenters. The van der Waals surface area contributed by atoms with Gasteiger partial charge in [-0.15, -0.1) is 0 Å². The normalized spacial score (nSPS) is 12.3. The highest BCUT2D eigenvalue weighted by Gasteiger charge is 2.16. The Hall–Kier alpha value is -2.31. The van der Waals surface area contributed by atoms with E-state index in [0.29, 0.717) is 21.1 Å². The van der Waals surface area contributed by atoms with Crippen LogP contribution in [0.3, 0.4) is 0 Å².